The molecule has 0 radical (unpaired) electrons. The first-order valence-electron chi connectivity index (χ1n) is 5.90. The Labute approximate surface area is 92.2 Å². The topological polar surface area (TPSA) is 58.4 Å². The molecule has 3 N–H and O–H groups in total. The smallest absolute Gasteiger partial charge is 0.237 e. The molecule has 4 nitrogen and oxygen atoms in total. The van der Waals surface area contributed by atoms with E-state index in [1.54, 1.807) is 0 Å². The van der Waals surface area contributed by atoms with Gasteiger partial charge < -0.3 is 11.1 Å². The molecule has 1 rings (SSSR count). The molecule has 0 aliphatic carbocycles. The quantitative estimate of drug-likeness (QED) is 0.700. The van der Waals surface area contributed by atoms with E-state index in [9.17, 15) is 4.79 Å². The van der Waals surface area contributed by atoms with Crippen LogP contribution in [0.1, 0.15) is 26.7 Å². The summed E-state index contributed by atoms with van der Waals surface area (Å²) in [6.07, 6.45) is 1.85. The summed E-state index contributed by atoms with van der Waals surface area (Å²) >= 11 is 0. The Bertz CT molecular complexity index is 208. The van der Waals surface area contributed by atoms with Crippen molar-refractivity contribution >= 4 is 5.91 Å². The van der Waals surface area contributed by atoms with Crippen LogP contribution in [0.3, 0.4) is 0 Å². The second-order valence-corrected chi connectivity index (χ2v) is 4.44. The Kier molecular flexibility index (Phi) is 5.05. The first kappa shape index (κ1) is 12.5. The SMILES string of the molecule is CCCN1CC(C)CNC(=O)C1CCN. The fourth-order valence-electron chi connectivity index (χ4n) is 2.16. The molecule has 0 saturated carbocycles. The van der Waals surface area contributed by atoms with Gasteiger partial charge in [-0.05, 0) is 31.8 Å². The minimum absolute atomic E-state index is 0.0140. The van der Waals surface area contributed by atoms with Crippen molar-refractivity contribution in [3.05, 3.63) is 0 Å². The molecular weight excluding hydrogens is 190 g/mol. The Morgan fingerprint density at radius 3 is 2.93 bits per heavy atom. The Balaban J connectivity index is 2.68. The third kappa shape index (κ3) is 3.47. The number of nitrogens with one attached hydrogen (secondary N) is 1. The first-order chi connectivity index (χ1) is 7.19. The van der Waals surface area contributed by atoms with E-state index in [4.69, 9.17) is 5.73 Å². The average Bonchev–Trinajstić information content (AvgIpc) is 2.33. The van der Waals surface area contributed by atoms with Crippen LogP contribution < -0.4 is 11.1 Å². The van der Waals surface area contributed by atoms with E-state index in [0.717, 1.165) is 32.5 Å². The van der Waals surface area contributed by atoms with Crippen molar-refractivity contribution < 1.29 is 4.79 Å². The molecule has 0 aromatic carbocycles. The Morgan fingerprint density at radius 2 is 2.33 bits per heavy atom. The normalized spacial score (nSPS) is 28.6. The molecule has 2 unspecified atom stereocenters. The molecule has 4 heteroatoms. The van der Waals surface area contributed by atoms with Gasteiger partial charge >= 0.3 is 0 Å². The summed E-state index contributed by atoms with van der Waals surface area (Å²) in [6, 6.07) is -0.0140. The van der Waals surface area contributed by atoms with E-state index in [1.165, 1.54) is 0 Å². The maximum atomic E-state index is 11.8. The molecule has 1 heterocycles. The van der Waals surface area contributed by atoms with Crippen LogP contribution in [-0.2, 0) is 4.79 Å². The van der Waals surface area contributed by atoms with Gasteiger partial charge in [-0.3, -0.25) is 9.69 Å². The van der Waals surface area contributed by atoms with Crippen LogP contribution in [0.2, 0.25) is 0 Å². The third-order valence-electron chi connectivity index (χ3n) is 2.87. The molecule has 1 amide bonds. The van der Waals surface area contributed by atoms with Crippen LogP contribution in [0.5, 0.6) is 0 Å². The number of carbonyl (C=O) groups is 1. The van der Waals surface area contributed by atoms with Gasteiger partial charge in [0.15, 0.2) is 0 Å². The number of amides is 1. The van der Waals surface area contributed by atoms with Crippen LogP contribution in [0.4, 0.5) is 0 Å². The van der Waals surface area contributed by atoms with Crippen LogP contribution in [0.15, 0.2) is 0 Å². The first-order valence-corrected chi connectivity index (χ1v) is 5.90. The minimum atomic E-state index is -0.0140. The monoisotopic (exact) mass is 213 g/mol. The van der Waals surface area contributed by atoms with Gasteiger partial charge in [0.1, 0.15) is 0 Å². The molecule has 0 aromatic rings. The number of hydrogen-bond donors (Lipinski definition) is 2. The summed E-state index contributed by atoms with van der Waals surface area (Å²) in [7, 11) is 0. The lowest BCUT2D eigenvalue weighted by Crippen LogP contribution is -2.45. The summed E-state index contributed by atoms with van der Waals surface area (Å²) in [4.78, 5) is 14.1. The molecule has 1 aliphatic heterocycles. The molecule has 0 bridgehead atoms. The van der Waals surface area contributed by atoms with E-state index in [1.807, 2.05) is 0 Å². The second kappa shape index (κ2) is 6.08. The van der Waals surface area contributed by atoms with Gasteiger partial charge in [0.2, 0.25) is 5.91 Å². The van der Waals surface area contributed by atoms with E-state index in [-0.39, 0.29) is 11.9 Å². The molecule has 1 saturated heterocycles. The minimum Gasteiger partial charge on any atom is -0.354 e. The van der Waals surface area contributed by atoms with Gasteiger partial charge in [0.05, 0.1) is 6.04 Å². The molecular formula is C11H23N3O. The lowest BCUT2D eigenvalue weighted by Gasteiger charge is -2.28. The molecule has 15 heavy (non-hydrogen) atoms. The number of carbonyl (C=O) groups excluding carboxylic acids is 1. The van der Waals surface area contributed by atoms with Crippen molar-refractivity contribution in [2.24, 2.45) is 11.7 Å². The van der Waals surface area contributed by atoms with Crippen molar-refractivity contribution in [3.8, 4) is 0 Å². The van der Waals surface area contributed by atoms with E-state index < -0.39 is 0 Å². The van der Waals surface area contributed by atoms with Crippen molar-refractivity contribution in [3.63, 3.8) is 0 Å². The molecule has 1 fully saturated rings. The van der Waals surface area contributed by atoms with Gasteiger partial charge in [0.25, 0.3) is 0 Å². The highest BCUT2D eigenvalue weighted by Gasteiger charge is 2.28. The van der Waals surface area contributed by atoms with Gasteiger partial charge in [-0.1, -0.05) is 13.8 Å². The summed E-state index contributed by atoms with van der Waals surface area (Å²) in [5.41, 5.74) is 5.56. The zero-order chi connectivity index (χ0) is 11.3. The van der Waals surface area contributed by atoms with Crippen molar-refractivity contribution in [2.45, 2.75) is 32.7 Å². The van der Waals surface area contributed by atoms with E-state index >= 15 is 0 Å². The number of hydrogen-bond acceptors (Lipinski definition) is 3. The molecule has 88 valence electrons. The number of rotatable bonds is 4. The average molecular weight is 213 g/mol. The van der Waals surface area contributed by atoms with Crippen LogP contribution in [0.25, 0.3) is 0 Å². The van der Waals surface area contributed by atoms with Gasteiger partial charge in [-0.2, -0.15) is 0 Å². The Morgan fingerprint density at radius 1 is 1.60 bits per heavy atom. The van der Waals surface area contributed by atoms with Gasteiger partial charge in [0, 0.05) is 13.1 Å². The maximum absolute atomic E-state index is 11.8. The van der Waals surface area contributed by atoms with E-state index in [0.29, 0.717) is 12.5 Å². The highest BCUT2D eigenvalue weighted by Crippen LogP contribution is 2.12. The maximum Gasteiger partial charge on any atom is 0.237 e. The summed E-state index contributed by atoms with van der Waals surface area (Å²) in [6.45, 7) is 7.67. The highest BCUT2D eigenvalue weighted by molar-refractivity contribution is 5.82. The fraction of sp³-hybridized carbons (Fsp3) is 0.909. The lowest BCUT2D eigenvalue weighted by atomic mass is 10.1. The summed E-state index contributed by atoms with van der Waals surface area (Å²) < 4.78 is 0. The lowest BCUT2D eigenvalue weighted by molar-refractivity contribution is -0.125. The molecule has 1 aliphatic rings. The zero-order valence-electron chi connectivity index (χ0n) is 9.83. The highest BCUT2D eigenvalue weighted by atomic mass is 16.2. The number of nitrogens with two attached hydrogens (primary N) is 1. The number of nitrogens with zero attached hydrogens (tertiary/aromatic N) is 1. The van der Waals surface area contributed by atoms with Crippen molar-refractivity contribution in [1.82, 2.24) is 10.2 Å². The summed E-state index contributed by atoms with van der Waals surface area (Å²) in [5, 5.41) is 2.98. The van der Waals surface area contributed by atoms with Crippen LogP contribution in [-0.4, -0.2) is 43.0 Å². The largest absolute Gasteiger partial charge is 0.354 e. The van der Waals surface area contributed by atoms with Crippen LogP contribution in [0, 0.1) is 5.92 Å². The van der Waals surface area contributed by atoms with Crippen molar-refractivity contribution in [2.75, 3.05) is 26.2 Å². The van der Waals surface area contributed by atoms with Crippen molar-refractivity contribution in [1.29, 1.82) is 0 Å². The molecule has 0 aromatic heterocycles. The Hall–Kier alpha value is -0.610. The third-order valence-corrected chi connectivity index (χ3v) is 2.87. The van der Waals surface area contributed by atoms with Gasteiger partial charge in [-0.25, -0.2) is 0 Å². The van der Waals surface area contributed by atoms with Crippen LogP contribution >= 0.6 is 0 Å². The predicted octanol–water partition coefficient (Wildman–Crippen LogP) is 0.182. The molecule has 2 atom stereocenters. The predicted molar refractivity (Wildman–Crippen MR) is 61.5 cm³/mol. The van der Waals surface area contributed by atoms with Gasteiger partial charge in [-0.15, -0.1) is 0 Å². The van der Waals surface area contributed by atoms with E-state index in [2.05, 4.69) is 24.1 Å². The standard InChI is InChI=1S/C11H23N3O/c1-3-6-14-8-9(2)7-13-11(15)10(14)4-5-12/h9-10H,3-8,12H2,1-2H3,(H,13,15). The summed E-state index contributed by atoms with van der Waals surface area (Å²) in [5.74, 6) is 0.682. The fourth-order valence-corrected chi connectivity index (χ4v) is 2.16. The molecule has 0 spiro atoms. The zero-order valence-corrected chi connectivity index (χ0v) is 9.83. The second-order valence-electron chi connectivity index (χ2n) is 4.44.